The molecule has 0 unspecified atom stereocenters. The molecule has 1 aliphatic rings. The molecule has 5 rings (SSSR count). The van der Waals surface area contributed by atoms with Crippen molar-refractivity contribution in [2.45, 2.75) is 32.1 Å². The van der Waals surface area contributed by atoms with Crippen molar-refractivity contribution in [3.8, 4) is 16.8 Å². The Morgan fingerprint density at radius 1 is 0.935 bits per heavy atom. The van der Waals surface area contributed by atoms with E-state index >= 15 is 0 Å². The Labute approximate surface area is 182 Å². The summed E-state index contributed by atoms with van der Waals surface area (Å²) < 4.78 is 1.74. The molecule has 1 saturated carbocycles. The Morgan fingerprint density at radius 3 is 2.29 bits per heavy atom. The molecule has 154 valence electrons. The highest BCUT2D eigenvalue weighted by Gasteiger charge is 2.30. The lowest BCUT2D eigenvalue weighted by Gasteiger charge is -2.15. The molecule has 1 aliphatic carbocycles. The standard InChI is InChI=1S/C27H25N3O/c1-18-29-26(21-15-16-21)24(27(31)30(18)22-7-3-2-4-8-22)17-19-11-13-20(14-12-19)23-9-5-6-10-25(23)28/h2-14,21H,15-17,28H2,1H3. The van der Waals surface area contributed by atoms with Crippen LogP contribution in [0.5, 0.6) is 0 Å². The van der Waals surface area contributed by atoms with E-state index in [1.54, 1.807) is 4.57 Å². The third-order valence-corrected chi connectivity index (χ3v) is 5.96. The van der Waals surface area contributed by atoms with Crippen molar-refractivity contribution in [1.82, 2.24) is 9.55 Å². The SMILES string of the molecule is Cc1nc(C2CC2)c(Cc2ccc(-c3ccccc3N)cc2)c(=O)n1-c1ccccc1. The Kier molecular flexibility index (Phi) is 4.91. The molecular formula is C27H25N3O. The molecule has 1 fully saturated rings. The van der Waals surface area contributed by atoms with Gasteiger partial charge in [-0.15, -0.1) is 0 Å². The van der Waals surface area contributed by atoms with Crippen LogP contribution in [0.2, 0.25) is 0 Å². The highest BCUT2D eigenvalue weighted by atomic mass is 16.1. The van der Waals surface area contributed by atoms with Gasteiger partial charge >= 0.3 is 0 Å². The Morgan fingerprint density at radius 2 is 1.61 bits per heavy atom. The van der Waals surface area contributed by atoms with E-state index in [9.17, 15) is 4.79 Å². The van der Waals surface area contributed by atoms with Gasteiger partial charge < -0.3 is 5.73 Å². The van der Waals surface area contributed by atoms with Crippen LogP contribution in [0.1, 0.15) is 41.4 Å². The second-order valence-electron chi connectivity index (χ2n) is 8.23. The summed E-state index contributed by atoms with van der Waals surface area (Å²) in [5, 5.41) is 0. The fourth-order valence-electron chi connectivity index (χ4n) is 4.19. The van der Waals surface area contributed by atoms with Crippen molar-refractivity contribution in [1.29, 1.82) is 0 Å². The van der Waals surface area contributed by atoms with Crippen LogP contribution in [0.15, 0.2) is 83.7 Å². The molecule has 4 aromatic rings. The third-order valence-electron chi connectivity index (χ3n) is 5.96. The lowest BCUT2D eigenvalue weighted by atomic mass is 9.98. The zero-order valence-corrected chi connectivity index (χ0v) is 17.6. The molecule has 31 heavy (non-hydrogen) atoms. The predicted molar refractivity (Wildman–Crippen MR) is 126 cm³/mol. The monoisotopic (exact) mass is 407 g/mol. The van der Waals surface area contributed by atoms with E-state index in [1.165, 1.54) is 0 Å². The topological polar surface area (TPSA) is 60.9 Å². The number of aromatic nitrogens is 2. The van der Waals surface area contributed by atoms with E-state index in [0.717, 1.165) is 58.0 Å². The first kappa shape index (κ1) is 19.3. The lowest BCUT2D eigenvalue weighted by Crippen LogP contribution is -2.28. The first-order chi connectivity index (χ1) is 15.1. The summed E-state index contributed by atoms with van der Waals surface area (Å²) in [6.07, 6.45) is 2.80. The zero-order chi connectivity index (χ0) is 21.4. The summed E-state index contributed by atoms with van der Waals surface area (Å²) in [6, 6.07) is 26.0. The van der Waals surface area contributed by atoms with E-state index in [0.29, 0.717) is 12.3 Å². The number of benzene rings is 3. The van der Waals surface area contributed by atoms with Gasteiger partial charge in [0.25, 0.3) is 5.56 Å². The Balaban J connectivity index is 1.54. The van der Waals surface area contributed by atoms with Gasteiger partial charge in [-0.2, -0.15) is 0 Å². The molecule has 0 aliphatic heterocycles. The van der Waals surface area contributed by atoms with Gasteiger partial charge in [-0.05, 0) is 49.1 Å². The van der Waals surface area contributed by atoms with Crippen molar-refractivity contribution in [2.24, 2.45) is 0 Å². The normalized spacial score (nSPS) is 13.3. The molecule has 1 heterocycles. The smallest absolute Gasteiger partial charge is 0.261 e. The Hall–Kier alpha value is -3.66. The summed E-state index contributed by atoms with van der Waals surface area (Å²) >= 11 is 0. The van der Waals surface area contributed by atoms with Crippen LogP contribution in [0.4, 0.5) is 5.69 Å². The molecule has 0 spiro atoms. The van der Waals surface area contributed by atoms with Crippen LogP contribution in [0, 0.1) is 6.92 Å². The molecule has 0 saturated heterocycles. The van der Waals surface area contributed by atoms with Crippen LogP contribution < -0.4 is 11.3 Å². The molecule has 0 amide bonds. The number of nitrogens with zero attached hydrogens (tertiary/aromatic N) is 2. The summed E-state index contributed by atoms with van der Waals surface area (Å²) in [4.78, 5) is 18.5. The highest BCUT2D eigenvalue weighted by molar-refractivity contribution is 5.76. The van der Waals surface area contributed by atoms with Crippen LogP contribution in [-0.2, 0) is 6.42 Å². The summed E-state index contributed by atoms with van der Waals surface area (Å²) in [6.45, 7) is 1.92. The number of aryl methyl sites for hydroxylation is 1. The van der Waals surface area contributed by atoms with Crippen LogP contribution in [-0.4, -0.2) is 9.55 Å². The van der Waals surface area contributed by atoms with Gasteiger partial charge in [-0.1, -0.05) is 60.7 Å². The molecule has 1 aromatic heterocycles. The van der Waals surface area contributed by atoms with Gasteiger partial charge in [0.2, 0.25) is 0 Å². The maximum atomic E-state index is 13.6. The van der Waals surface area contributed by atoms with Crippen molar-refractivity contribution in [3.05, 3.63) is 112 Å². The fourth-order valence-corrected chi connectivity index (χ4v) is 4.19. The summed E-state index contributed by atoms with van der Waals surface area (Å²) in [7, 11) is 0. The number of hydrogen-bond donors (Lipinski definition) is 1. The van der Waals surface area contributed by atoms with E-state index in [2.05, 4.69) is 24.3 Å². The van der Waals surface area contributed by atoms with Crippen molar-refractivity contribution in [2.75, 3.05) is 5.73 Å². The van der Waals surface area contributed by atoms with Gasteiger partial charge in [0, 0.05) is 29.2 Å². The minimum absolute atomic E-state index is 0.0389. The third kappa shape index (κ3) is 3.77. The van der Waals surface area contributed by atoms with Gasteiger partial charge in [0.15, 0.2) is 0 Å². The van der Waals surface area contributed by atoms with Crippen LogP contribution in [0.3, 0.4) is 0 Å². The van der Waals surface area contributed by atoms with E-state index in [-0.39, 0.29) is 5.56 Å². The van der Waals surface area contributed by atoms with Crippen LogP contribution in [0.25, 0.3) is 16.8 Å². The largest absolute Gasteiger partial charge is 0.398 e. The quantitative estimate of drug-likeness (QED) is 0.459. The van der Waals surface area contributed by atoms with E-state index < -0.39 is 0 Å². The van der Waals surface area contributed by atoms with Gasteiger partial charge in [-0.25, -0.2) is 4.98 Å². The average Bonchev–Trinajstić information content (AvgIpc) is 3.63. The van der Waals surface area contributed by atoms with Crippen molar-refractivity contribution < 1.29 is 0 Å². The van der Waals surface area contributed by atoms with Gasteiger partial charge in [-0.3, -0.25) is 9.36 Å². The second kappa shape index (κ2) is 7.88. The van der Waals surface area contributed by atoms with Gasteiger partial charge in [0.05, 0.1) is 11.4 Å². The van der Waals surface area contributed by atoms with Crippen molar-refractivity contribution >= 4 is 5.69 Å². The molecule has 4 heteroatoms. The predicted octanol–water partition coefficient (Wildman–Crippen LogP) is 5.26. The zero-order valence-electron chi connectivity index (χ0n) is 17.6. The minimum Gasteiger partial charge on any atom is -0.398 e. The lowest BCUT2D eigenvalue weighted by molar-refractivity contribution is 0.799. The van der Waals surface area contributed by atoms with E-state index in [4.69, 9.17) is 10.7 Å². The molecule has 0 bridgehead atoms. The van der Waals surface area contributed by atoms with Crippen LogP contribution >= 0.6 is 0 Å². The molecule has 3 aromatic carbocycles. The highest BCUT2D eigenvalue weighted by Crippen LogP contribution is 2.40. The first-order valence-electron chi connectivity index (χ1n) is 10.7. The average molecular weight is 408 g/mol. The Bertz CT molecular complexity index is 1290. The number of para-hydroxylation sites is 2. The number of nitrogen functional groups attached to an aromatic ring is 1. The number of nitrogens with two attached hydrogens (primary N) is 1. The van der Waals surface area contributed by atoms with Crippen molar-refractivity contribution in [3.63, 3.8) is 0 Å². The molecule has 0 atom stereocenters. The summed E-state index contributed by atoms with van der Waals surface area (Å²) in [5.74, 6) is 1.16. The second-order valence-corrected chi connectivity index (χ2v) is 8.23. The number of hydrogen-bond acceptors (Lipinski definition) is 3. The van der Waals surface area contributed by atoms with Gasteiger partial charge in [0.1, 0.15) is 5.82 Å². The maximum absolute atomic E-state index is 13.6. The maximum Gasteiger partial charge on any atom is 0.261 e. The molecule has 4 nitrogen and oxygen atoms in total. The number of rotatable bonds is 5. The number of anilines is 1. The molecule has 0 radical (unpaired) electrons. The molecule has 2 N–H and O–H groups in total. The molecular weight excluding hydrogens is 382 g/mol. The summed E-state index contributed by atoms with van der Waals surface area (Å²) in [5.41, 5.74) is 12.8. The minimum atomic E-state index is 0.0389. The first-order valence-corrected chi connectivity index (χ1v) is 10.7. The fraction of sp³-hybridized carbons (Fsp3) is 0.185. The van der Waals surface area contributed by atoms with E-state index in [1.807, 2.05) is 61.5 Å².